The predicted molar refractivity (Wildman–Crippen MR) is 112 cm³/mol. The smallest absolute Gasteiger partial charge is 0.227 e. The van der Waals surface area contributed by atoms with Crippen molar-refractivity contribution < 1.29 is 9.59 Å². The molecule has 0 radical (unpaired) electrons. The molecule has 5 rings (SSSR count). The van der Waals surface area contributed by atoms with Gasteiger partial charge in [0.25, 0.3) is 0 Å². The fourth-order valence-electron chi connectivity index (χ4n) is 5.47. The van der Waals surface area contributed by atoms with Crippen LogP contribution >= 0.6 is 0 Å². The molecule has 4 heteroatoms. The molecule has 1 saturated heterocycles. The zero-order chi connectivity index (χ0) is 20.0. The summed E-state index contributed by atoms with van der Waals surface area (Å²) in [4.78, 5) is 28.4. The largest absolute Gasteiger partial charge is 0.352 e. The van der Waals surface area contributed by atoms with Crippen molar-refractivity contribution >= 4 is 11.8 Å². The molecule has 2 aromatic carbocycles. The Balaban J connectivity index is 1.33. The minimum Gasteiger partial charge on any atom is -0.352 e. The van der Waals surface area contributed by atoms with Crippen LogP contribution in [0.4, 0.5) is 0 Å². The molecular formula is C25H26N2O2. The molecule has 4 unspecified atom stereocenters. The highest BCUT2D eigenvalue weighted by Crippen LogP contribution is 2.62. The molecule has 4 nitrogen and oxygen atoms in total. The monoisotopic (exact) mass is 386 g/mol. The zero-order valence-electron chi connectivity index (χ0n) is 16.7. The molecule has 2 amide bonds. The molecule has 29 heavy (non-hydrogen) atoms. The van der Waals surface area contributed by atoms with Gasteiger partial charge in [0.2, 0.25) is 11.8 Å². The Morgan fingerprint density at radius 3 is 2.62 bits per heavy atom. The number of allylic oxidation sites excluding steroid dienone is 1. The molecule has 1 heterocycles. The maximum absolute atomic E-state index is 13.4. The van der Waals surface area contributed by atoms with Gasteiger partial charge in [-0.1, -0.05) is 66.7 Å². The molecule has 1 aliphatic heterocycles. The first-order valence-corrected chi connectivity index (χ1v) is 10.4. The van der Waals surface area contributed by atoms with Gasteiger partial charge in [-0.2, -0.15) is 0 Å². The Kier molecular flexibility index (Phi) is 4.30. The van der Waals surface area contributed by atoms with Crippen molar-refractivity contribution in [2.45, 2.75) is 26.4 Å². The third-order valence-electron chi connectivity index (χ3n) is 7.13. The highest BCUT2D eigenvalue weighted by atomic mass is 16.2. The van der Waals surface area contributed by atoms with Crippen molar-refractivity contribution in [1.29, 1.82) is 0 Å². The van der Waals surface area contributed by atoms with E-state index in [0.29, 0.717) is 19.0 Å². The Morgan fingerprint density at radius 1 is 1.14 bits per heavy atom. The molecule has 3 aliphatic rings. The van der Waals surface area contributed by atoms with E-state index >= 15 is 0 Å². The summed E-state index contributed by atoms with van der Waals surface area (Å²) in [5.41, 5.74) is 3.32. The van der Waals surface area contributed by atoms with E-state index in [9.17, 15) is 9.59 Å². The van der Waals surface area contributed by atoms with Crippen molar-refractivity contribution in [1.82, 2.24) is 10.2 Å². The van der Waals surface area contributed by atoms with Gasteiger partial charge in [0.15, 0.2) is 0 Å². The van der Waals surface area contributed by atoms with Crippen molar-refractivity contribution in [2.24, 2.45) is 23.2 Å². The number of hydrogen-bond acceptors (Lipinski definition) is 2. The molecule has 0 bridgehead atoms. The summed E-state index contributed by atoms with van der Waals surface area (Å²) < 4.78 is 0. The second-order valence-electron chi connectivity index (χ2n) is 8.72. The predicted octanol–water partition coefficient (Wildman–Crippen LogP) is 3.46. The second-order valence-corrected chi connectivity index (χ2v) is 8.72. The third-order valence-corrected chi connectivity index (χ3v) is 7.13. The molecule has 0 aromatic heterocycles. The number of rotatable bonds is 5. The van der Waals surface area contributed by atoms with E-state index in [0.717, 1.165) is 18.5 Å². The lowest BCUT2D eigenvalue weighted by molar-refractivity contribution is -0.137. The topological polar surface area (TPSA) is 49.4 Å². The van der Waals surface area contributed by atoms with E-state index < -0.39 is 0 Å². The summed E-state index contributed by atoms with van der Waals surface area (Å²) in [7, 11) is 0. The molecule has 1 N–H and O–H groups in total. The maximum Gasteiger partial charge on any atom is 0.227 e. The van der Waals surface area contributed by atoms with Gasteiger partial charge in [-0.25, -0.2) is 0 Å². The van der Waals surface area contributed by atoms with E-state index in [2.05, 4.69) is 36.5 Å². The summed E-state index contributed by atoms with van der Waals surface area (Å²) in [6, 6.07) is 18.1. The van der Waals surface area contributed by atoms with Crippen LogP contribution < -0.4 is 5.32 Å². The molecule has 2 aromatic rings. The van der Waals surface area contributed by atoms with Gasteiger partial charge in [-0.3, -0.25) is 9.59 Å². The van der Waals surface area contributed by atoms with Crippen LogP contribution in [0, 0.1) is 30.1 Å². The zero-order valence-corrected chi connectivity index (χ0v) is 16.7. The first kappa shape index (κ1) is 18.2. The summed E-state index contributed by atoms with van der Waals surface area (Å²) in [6.45, 7) is 3.95. The van der Waals surface area contributed by atoms with Crippen LogP contribution in [0.5, 0.6) is 0 Å². The molecule has 2 aliphatic carbocycles. The number of aryl methyl sites for hydroxylation is 1. The van der Waals surface area contributed by atoms with Gasteiger partial charge in [0, 0.05) is 25.0 Å². The lowest BCUT2D eigenvalue weighted by atomic mass is 9.66. The lowest BCUT2D eigenvalue weighted by Crippen LogP contribution is -2.39. The fourth-order valence-corrected chi connectivity index (χ4v) is 5.47. The number of hydrogen-bond donors (Lipinski definition) is 1. The SMILES string of the molecule is Cc1ccccc1CN1CC23C=CC2CC(C(=O)NCc2ccccc2)C3C1=O. The van der Waals surface area contributed by atoms with Crippen molar-refractivity contribution in [3.05, 3.63) is 83.4 Å². The second kappa shape index (κ2) is 6.87. The van der Waals surface area contributed by atoms with Crippen LogP contribution in [0.25, 0.3) is 0 Å². The normalized spacial score (nSPS) is 29.3. The minimum absolute atomic E-state index is 0.0144. The van der Waals surface area contributed by atoms with E-state index in [1.165, 1.54) is 11.1 Å². The lowest BCUT2D eigenvalue weighted by Gasteiger charge is -2.37. The average Bonchev–Trinajstić information content (AvgIpc) is 3.14. The summed E-state index contributed by atoms with van der Waals surface area (Å²) in [6.07, 6.45) is 5.18. The number of nitrogens with one attached hydrogen (secondary N) is 1. The number of amides is 2. The fraction of sp³-hybridized carbons (Fsp3) is 0.360. The molecule has 1 saturated carbocycles. The number of nitrogens with zero attached hydrogens (tertiary/aromatic N) is 1. The van der Waals surface area contributed by atoms with E-state index in [1.54, 1.807) is 0 Å². The Labute approximate surface area is 171 Å². The minimum atomic E-state index is -0.243. The molecular weight excluding hydrogens is 360 g/mol. The quantitative estimate of drug-likeness (QED) is 0.800. The number of carbonyl (C=O) groups excluding carboxylic acids is 2. The van der Waals surface area contributed by atoms with Gasteiger partial charge >= 0.3 is 0 Å². The van der Waals surface area contributed by atoms with Crippen molar-refractivity contribution in [2.75, 3.05) is 6.54 Å². The van der Waals surface area contributed by atoms with Gasteiger partial charge in [-0.15, -0.1) is 0 Å². The van der Waals surface area contributed by atoms with Crippen LogP contribution in [-0.4, -0.2) is 23.3 Å². The molecule has 4 atom stereocenters. The van der Waals surface area contributed by atoms with Crippen LogP contribution in [-0.2, 0) is 22.7 Å². The average molecular weight is 386 g/mol. The third kappa shape index (κ3) is 2.89. The first-order valence-electron chi connectivity index (χ1n) is 10.4. The van der Waals surface area contributed by atoms with Gasteiger partial charge in [-0.05, 0) is 36.0 Å². The standard InChI is InChI=1S/C25H26N2O2/c1-17-7-5-6-10-19(17)15-27-16-25-12-11-20(25)13-21(22(25)24(27)29)23(28)26-14-18-8-3-2-4-9-18/h2-12,20-22H,13-16H2,1H3,(H,26,28). The van der Waals surface area contributed by atoms with Gasteiger partial charge in [0.1, 0.15) is 0 Å². The van der Waals surface area contributed by atoms with Crippen molar-refractivity contribution in [3.8, 4) is 0 Å². The Morgan fingerprint density at radius 2 is 1.90 bits per heavy atom. The van der Waals surface area contributed by atoms with Gasteiger partial charge in [0.05, 0.1) is 11.8 Å². The number of benzene rings is 2. The van der Waals surface area contributed by atoms with Crippen LogP contribution in [0.3, 0.4) is 0 Å². The highest BCUT2D eigenvalue weighted by molar-refractivity contribution is 5.92. The summed E-state index contributed by atoms with van der Waals surface area (Å²) in [5, 5.41) is 3.08. The summed E-state index contributed by atoms with van der Waals surface area (Å²) in [5.74, 6) is 0.0247. The van der Waals surface area contributed by atoms with E-state index in [1.807, 2.05) is 47.4 Å². The number of likely N-dealkylation sites (tertiary alicyclic amines) is 1. The van der Waals surface area contributed by atoms with Crippen LogP contribution in [0.2, 0.25) is 0 Å². The Bertz CT molecular complexity index is 983. The highest BCUT2D eigenvalue weighted by Gasteiger charge is 2.66. The van der Waals surface area contributed by atoms with Crippen LogP contribution in [0.1, 0.15) is 23.1 Å². The molecule has 148 valence electrons. The van der Waals surface area contributed by atoms with Crippen molar-refractivity contribution in [3.63, 3.8) is 0 Å². The first-order chi connectivity index (χ1) is 14.1. The summed E-state index contributed by atoms with van der Waals surface area (Å²) >= 11 is 0. The van der Waals surface area contributed by atoms with Gasteiger partial charge < -0.3 is 10.2 Å². The molecule has 2 fully saturated rings. The van der Waals surface area contributed by atoms with E-state index in [4.69, 9.17) is 0 Å². The van der Waals surface area contributed by atoms with E-state index in [-0.39, 0.29) is 29.1 Å². The van der Waals surface area contributed by atoms with Crippen LogP contribution in [0.15, 0.2) is 66.7 Å². The number of carbonyl (C=O) groups is 2. The maximum atomic E-state index is 13.4. The Hall–Kier alpha value is -2.88. The molecule has 1 spiro atoms.